The van der Waals surface area contributed by atoms with Crippen LogP contribution in [0.3, 0.4) is 0 Å². The fourth-order valence-electron chi connectivity index (χ4n) is 1.76. The van der Waals surface area contributed by atoms with Gasteiger partial charge in [-0.1, -0.05) is 0 Å². The summed E-state index contributed by atoms with van der Waals surface area (Å²) in [5, 5.41) is 3.15. The Morgan fingerprint density at radius 2 is 1.46 bits per heavy atom. The Morgan fingerprint density at radius 1 is 0.962 bits per heavy atom. The van der Waals surface area contributed by atoms with E-state index < -0.39 is 47.2 Å². The van der Waals surface area contributed by atoms with Gasteiger partial charge in [0.15, 0.2) is 29.9 Å². The molecule has 0 heterocycles. The summed E-state index contributed by atoms with van der Waals surface area (Å²) in [7, 11) is 1.48. The molecule has 0 spiro atoms. The molecule has 0 saturated carbocycles. The van der Waals surface area contributed by atoms with Crippen LogP contribution in [0.1, 0.15) is 5.56 Å². The van der Waals surface area contributed by atoms with Gasteiger partial charge in [0.25, 0.3) is 5.91 Å². The van der Waals surface area contributed by atoms with E-state index in [9.17, 15) is 26.7 Å². The lowest BCUT2D eigenvalue weighted by atomic mass is 10.2. The van der Waals surface area contributed by atoms with E-state index in [2.05, 4.69) is 5.10 Å². The lowest BCUT2D eigenvalue weighted by Crippen LogP contribution is -2.24. The number of ether oxygens (including phenoxy) is 2. The number of rotatable bonds is 6. The van der Waals surface area contributed by atoms with Crippen molar-refractivity contribution in [2.45, 2.75) is 0 Å². The van der Waals surface area contributed by atoms with Crippen molar-refractivity contribution in [1.29, 1.82) is 0 Å². The van der Waals surface area contributed by atoms with Crippen LogP contribution in [0.4, 0.5) is 22.0 Å². The SMILES string of the molecule is COc1ccc(OCC(=O)N/N=C/c2c(F)c(F)c(F)c(F)c2F)cc1. The first-order valence-electron chi connectivity index (χ1n) is 6.95. The van der Waals surface area contributed by atoms with Crippen LogP contribution in [0.5, 0.6) is 11.5 Å². The standard InChI is InChI=1S/C16H11F5N2O3/c1-25-8-2-4-9(5-3-8)26-7-11(24)23-22-6-10-12(17)14(19)16(21)15(20)13(10)18/h2-6H,7H2,1H3,(H,23,24)/b22-6+. The Kier molecular flexibility index (Phi) is 6.10. The Labute approximate surface area is 144 Å². The zero-order valence-electron chi connectivity index (χ0n) is 13.2. The highest BCUT2D eigenvalue weighted by Crippen LogP contribution is 2.21. The molecule has 0 aromatic heterocycles. The number of carbonyl (C=O) groups excluding carboxylic acids is 1. The molecule has 2 rings (SSSR count). The molecule has 5 nitrogen and oxygen atoms in total. The van der Waals surface area contributed by atoms with Gasteiger partial charge in [-0.05, 0) is 24.3 Å². The van der Waals surface area contributed by atoms with Crippen LogP contribution in [-0.2, 0) is 4.79 Å². The van der Waals surface area contributed by atoms with E-state index >= 15 is 0 Å². The Balaban J connectivity index is 1.97. The van der Waals surface area contributed by atoms with Crippen LogP contribution in [-0.4, -0.2) is 25.8 Å². The maximum absolute atomic E-state index is 13.4. The minimum absolute atomic E-state index is 0.307. The van der Waals surface area contributed by atoms with Crippen molar-refractivity contribution in [3.05, 3.63) is 58.9 Å². The minimum atomic E-state index is -2.28. The fraction of sp³-hybridized carbons (Fsp3) is 0.125. The Morgan fingerprint density at radius 3 is 2.00 bits per heavy atom. The number of nitrogens with one attached hydrogen (secondary N) is 1. The number of hydrogen-bond donors (Lipinski definition) is 1. The molecule has 0 atom stereocenters. The quantitative estimate of drug-likeness (QED) is 0.278. The summed E-state index contributed by atoms with van der Waals surface area (Å²) >= 11 is 0. The highest BCUT2D eigenvalue weighted by atomic mass is 19.2. The number of amides is 1. The second-order valence-electron chi connectivity index (χ2n) is 4.74. The molecule has 1 amide bonds. The van der Waals surface area contributed by atoms with Gasteiger partial charge in [-0.25, -0.2) is 27.4 Å². The third-order valence-electron chi connectivity index (χ3n) is 3.06. The predicted molar refractivity (Wildman–Crippen MR) is 80.5 cm³/mol. The highest BCUT2D eigenvalue weighted by molar-refractivity contribution is 5.83. The van der Waals surface area contributed by atoms with Gasteiger partial charge < -0.3 is 9.47 Å². The maximum atomic E-state index is 13.4. The molecule has 138 valence electrons. The molecule has 2 aromatic carbocycles. The molecule has 0 saturated heterocycles. The minimum Gasteiger partial charge on any atom is -0.497 e. The zero-order chi connectivity index (χ0) is 19.3. The van der Waals surface area contributed by atoms with Gasteiger partial charge in [-0.2, -0.15) is 5.10 Å². The van der Waals surface area contributed by atoms with E-state index in [0.29, 0.717) is 17.7 Å². The van der Waals surface area contributed by atoms with E-state index in [0.717, 1.165) is 0 Å². The third-order valence-corrected chi connectivity index (χ3v) is 3.06. The average molecular weight is 374 g/mol. The number of methoxy groups -OCH3 is 1. The average Bonchev–Trinajstić information content (AvgIpc) is 2.66. The maximum Gasteiger partial charge on any atom is 0.277 e. The summed E-state index contributed by atoms with van der Waals surface area (Å²) in [6, 6.07) is 6.25. The Hall–Kier alpha value is -3.17. The first-order chi connectivity index (χ1) is 12.3. The monoisotopic (exact) mass is 374 g/mol. The van der Waals surface area contributed by atoms with Crippen LogP contribution in [0, 0.1) is 29.1 Å². The molecule has 26 heavy (non-hydrogen) atoms. The second-order valence-corrected chi connectivity index (χ2v) is 4.74. The van der Waals surface area contributed by atoms with Crippen molar-refractivity contribution in [3.8, 4) is 11.5 Å². The molecular weight excluding hydrogens is 363 g/mol. The van der Waals surface area contributed by atoms with Crippen molar-refractivity contribution in [1.82, 2.24) is 5.43 Å². The van der Waals surface area contributed by atoms with Gasteiger partial charge in [0.1, 0.15) is 11.5 Å². The second kappa shape index (κ2) is 8.28. The molecule has 0 aliphatic heterocycles. The van der Waals surface area contributed by atoms with E-state index in [1.807, 2.05) is 5.43 Å². The van der Waals surface area contributed by atoms with Crippen LogP contribution >= 0.6 is 0 Å². The summed E-state index contributed by atoms with van der Waals surface area (Å²) in [5.74, 6) is -10.5. The molecule has 0 aliphatic carbocycles. The summed E-state index contributed by atoms with van der Waals surface area (Å²) in [4.78, 5) is 11.5. The smallest absolute Gasteiger partial charge is 0.277 e. The fourth-order valence-corrected chi connectivity index (χ4v) is 1.76. The molecule has 0 radical (unpaired) electrons. The molecule has 0 aliphatic rings. The third kappa shape index (κ3) is 4.26. The molecule has 0 fully saturated rings. The number of halogens is 5. The van der Waals surface area contributed by atoms with E-state index in [1.165, 1.54) is 19.2 Å². The number of nitrogens with zero attached hydrogens (tertiary/aromatic N) is 1. The van der Waals surface area contributed by atoms with Gasteiger partial charge >= 0.3 is 0 Å². The zero-order valence-corrected chi connectivity index (χ0v) is 13.2. The first-order valence-corrected chi connectivity index (χ1v) is 6.95. The van der Waals surface area contributed by atoms with Crippen molar-refractivity contribution in [2.75, 3.05) is 13.7 Å². The lowest BCUT2D eigenvalue weighted by Gasteiger charge is -2.06. The van der Waals surface area contributed by atoms with E-state index in [4.69, 9.17) is 9.47 Å². The lowest BCUT2D eigenvalue weighted by molar-refractivity contribution is -0.123. The summed E-state index contributed by atoms with van der Waals surface area (Å²) in [6.45, 7) is -0.499. The molecule has 10 heteroatoms. The summed E-state index contributed by atoms with van der Waals surface area (Å²) in [6.07, 6.45) is 0.307. The molecule has 2 aromatic rings. The van der Waals surface area contributed by atoms with Crippen LogP contribution < -0.4 is 14.9 Å². The van der Waals surface area contributed by atoms with Crippen molar-refractivity contribution in [2.24, 2.45) is 5.10 Å². The van der Waals surface area contributed by atoms with Gasteiger partial charge in [0.05, 0.1) is 18.9 Å². The number of hydrogen-bond acceptors (Lipinski definition) is 4. The summed E-state index contributed by atoms with van der Waals surface area (Å²) in [5.41, 5.74) is 0.561. The van der Waals surface area contributed by atoms with E-state index in [1.54, 1.807) is 12.1 Å². The van der Waals surface area contributed by atoms with Crippen LogP contribution in [0.25, 0.3) is 0 Å². The van der Waals surface area contributed by atoms with E-state index in [-0.39, 0.29) is 0 Å². The summed E-state index contributed by atoms with van der Waals surface area (Å²) < 4.78 is 75.8. The number of benzene rings is 2. The predicted octanol–water partition coefficient (Wildman–Crippen LogP) is 2.92. The molecule has 0 bridgehead atoms. The molecule has 1 N–H and O–H groups in total. The topological polar surface area (TPSA) is 59.9 Å². The van der Waals surface area contributed by atoms with Gasteiger partial charge in [-0.3, -0.25) is 4.79 Å². The van der Waals surface area contributed by atoms with Crippen molar-refractivity contribution >= 4 is 12.1 Å². The Bertz CT molecular complexity index is 812. The van der Waals surface area contributed by atoms with Crippen molar-refractivity contribution < 1.29 is 36.2 Å². The largest absolute Gasteiger partial charge is 0.497 e. The van der Waals surface area contributed by atoms with Gasteiger partial charge in [0, 0.05) is 0 Å². The molecular formula is C16H11F5N2O3. The number of hydrazone groups is 1. The van der Waals surface area contributed by atoms with Gasteiger partial charge in [0.2, 0.25) is 5.82 Å². The number of carbonyl (C=O) groups is 1. The highest BCUT2D eigenvalue weighted by Gasteiger charge is 2.24. The molecule has 0 unspecified atom stereocenters. The van der Waals surface area contributed by atoms with Gasteiger partial charge in [-0.15, -0.1) is 0 Å². The normalized spacial score (nSPS) is 10.8. The van der Waals surface area contributed by atoms with Crippen LogP contribution in [0.15, 0.2) is 29.4 Å². The first kappa shape index (κ1) is 19.2. The van der Waals surface area contributed by atoms with Crippen LogP contribution in [0.2, 0.25) is 0 Å². The van der Waals surface area contributed by atoms with Crippen molar-refractivity contribution in [3.63, 3.8) is 0 Å².